The van der Waals surface area contributed by atoms with Crippen LogP contribution in [0.25, 0.3) is 0 Å². The topological polar surface area (TPSA) is 138 Å². The van der Waals surface area contributed by atoms with Gasteiger partial charge in [0.15, 0.2) is 0 Å². The summed E-state index contributed by atoms with van der Waals surface area (Å²) in [4.78, 5) is 40.4. The van der Waals surface area contributed by atoms with Gasteiger partial charge in [-0.15, -0.1) is 0 Å². The maximum atomic E-state index is 13.5. The highest BCUT2D eigenvalue weighted by Gasteiger charge is 2.39. The van der Waals surface area contributed by atoms with Gasteiger partial charge in [-0.25, -0.2) is 4.79 Å². The third-order valence-corrected chi connectivity index (χ3v) is 7.85. The Balaban J connectivity index is 1.56. The van der Waals surface area contributed by atoms with Crippen molar-refractivity contribution in [3.63, 3.8) is 0 Å². The molecule has 0 aromatic carbocycles. The van der Waals surface area contributed by atoms with Crippen LogP contribution in [0.2, 0.25) is 0 Å². The summed E-state index contributed by atoms with van der Waals surface area (Å²) in [6.45, 7) is 3.12. The minimum Gasteiger partial charge on any atom is -0.450 e. The smallest absolute Gasteiger partial charge is 0.407 e. The van der Waals surface area contributed by atoms with Crippen molar-refractivity contribution in [2.45, 2.75) is 96.1 Å². The van der Waals surface area contributed by atoms with E-state index in [1.165, 1.54) is 6.42 Å². The molecule has 192 valence electrons. The molecule has 5 N–H and O–H groups in total. The Morgan fingerprint density at radius 3 is 2.35 bits per heavy atom. The number of ether oxygens (including phenoxy) is 1. The fraction of sp³-hybridized carbons (Fsp3) is 0.840. The quantitative estimate of drug-likeness (QED) is 0.299. The van der Waals surface area contributed by atoms with E-state index in [1.54, 1.807) is 11.8 Å². The van der Waals surface area contributed by atoms with Gasteiger partial charge in [0.2, 0.25) is 11.8 Å². The highest BCUT2D eigenvalue weighted by atomic mass is 16.5. The van der Waals surface area contributed by atoms with Crippen LogP contribution in [0.5, 0.6) is 0 Å². The van der Waals surface area contributed by atoms with Crippen molar-refractivity contribution in [2.24, 2.45) is 23.5 Å². The Morgan fingerprint density at radius 2 is 1.71 bits per heavy atom. The number of amidine groups is 1. The maximum Gasteiger partial charge on any atom is 0.407 e. The first-order valence-corrected chi connectivity index (χ1v) is 13.2. The molecule has 3 aliphatic rings. The van der Waals surface area contributed by atoms with Gasteiger partial charge in [-0.3, -0.25) is 15.0 Å². The molecular formula is C25H43N5O4. The zero-order chi connectivity index (χ0) is 24.5. The summed E-state index contributed by atoms with van der Waals surface area (Å²) >= 11 is 0. The largest absolute Gasteiger partial charge is 0.450 e. The van der Waals surface area contributed by atoms with E-state index in [0.29, 0.717) is 37.8 Å². The molecule has 2 saturated carbocycles. The van der Waals surface area contributed by atoms with Crippen LogP contribution in [0.15, 0.2) is 0 Å². The normalized spacial score (nSPS) is 26.5. The first-order valence-electron chi connectivity index (χ1n) is 13.2. The first kappa shape index (κ1) is 26.3. The summed E-state index contributed by atoms with van der Waals surface area (Å²) < 4.78 is 5.06. The Hall–Kier alpha value is -2.32. The zero-order valence-corrected chi connectivity index (χ0v) is 20.7. The Labute approximate surface area is 203 Å². The number of rotatable bonds is 9. The van der Waals surface area contributed by atoms with Crippen LogP contribution in [0, 0.1) is 23.2 Å². The van der Waals surface area contributed by atoms with Gasteiger partial charge in [0.05, 0.1) is 12.4 Å². The van der Waals surface area contributed by atoms with Crippen molar-refractivity contribution >= 4 is 23.7 Å². The summed E-state index contributed by atoms with van der Waals surface area (Å²) in [5, 5.41) is 13.5. The average molecular weight is 478 g/mol. The lowest BCUT2D eigenvalue weighted by Crippen LogP contribution is -2.54. The number of hydrogen-bond acceptors (Lipinski definition) is 5. The van der Waals surface area contributed by atoms with Gasteiger partial charge < -0.3 is 26.0 Å². The molecule has 0 aromatic rings. The molecule has 0 spiro atoms. The third-order valence-electron chi connectivity index (χ3n) is 7.85. The monoisotopic (exact) mass is 477 g/mol. The predicted octanol–water partition coefficient (Wildman–Crippen LogP) is 2.92. The van der Waals surface area contributed by atoms with Crippen molar-refractivity contribution in [3.05, 3.63) is 0 Å². The average Bonchev–Trinajstić information content (AvgIpc) is 3.33. The number of likely N-dealkylation sites (tertiary alicyclic amines) is 1. The van der Waals surface area contributed by atoms with Crippen molar-refractivity contribution in [2.75, 3.05) is 19.7 Å². The summed E-state index contributed by atoms with van der Waals surface area (Å²) in [5.74, 6) is 0.953. The van der Waals surface area contributed by atoms with E-state index in [9.17, 15) is 14.4 Å². The second-order valence-electron chi connectivity index (χ2n) is 10.3. The minimum atomic E-state index is -0.655. The number of alkyl carbamates (subject to hydrolysis) is 1. The molecule has 34 heavy (non-hydrogen) atoms. The molecule has 0 aromatic heterocycles. The molecule has 2 aliphatic carbocycles. The van der Waals surface area contributed by atoms with Gasteiger partial charge in [0, 0.05) is 19.0 Å². The lowest BCUT2D eigenvalue weighted by atomic mass is 9.81. The second kappa shape index (κ2) is 13.0. The molecule has 0 radical (unpaired) electrons. The highest BCUT2D eigenvalue weighted by Crippen LogP contribution is 2.30. The molecule has 3 rings (SSSR count). The van der Waals surface area contributed by atoms with Gasteiger partial charge in [-0.2, -0.15) is 0 Å². The van der Waals surface area contributed by atoms with Crippen LogP contribution in [0.1, 0.15) is 84.0 Å². The van der Waals surface area contributed by atoms with Crippen LogP contribution in [0.4, 0.5) is 4.79 Å². The molecule has 1 heterocycles. The lowest BCUT2D eigenvalue weighted by Gasteiger charge is -2.32. The molecule has 0 unspecified atom stereocenters. The number of nitrogens with zero attached hydrogens (tertiary/aromatic N) is 1. The highest BCUT2D eigenvalue weighted by molar-refractivity contribution is 5.91. The summed E-state index contributed by atoms with van der Waals surface area (Å²) in [7, 11) is 0. The number of hydrogen-bond donors (Lipinski definition) is 4. The summed E-state index contributed by atoms with van der Waals surface area (Å²) in [5.41, 5.74) is 5.63. The molecule has 1 saturated heterocycles. The molecule has 2 atom stereocenters. The molecule has 9 heteroatoms. The summed E-state index contributed by atoms with van der Waals surface area (Å²) in [6.07, 6.45) is 10.8. The third kappa shape index (κ3) is 7.34. The molecule has 3 amide bonds. The van der Waals surface area contributed by atoms with Crippen LogP contribution in [-0.4, -0.2) is 60.4 Å². The number of nitrogens with two attached hydrogens (primary N) is 1. The number of nitrogens with one attached hydrogen (secondary N) is 3. The Kier molecular flexibility index (Phi) is 10.0. The Morgan fingerprint density at radius 1 is 1.00 bits per heavy atom. The van der Waals surface area contributed by atoms with E-state index in [-0.39, 0.29) is 30.2 Å². The minimum absolute atomic E-state index is 0.105. The van der Waals surface area contributed by atoms with Crippen molar-refractivity contribution in [1.82, 2.24) is 15.5 Å². The van der Waals surface area contributed by atoms with E-state index in [1.807, 2.05) is 0 Å². The summed E-state index contributed by atoms with van der Waals surface area (Å²) in [6, 6.07) is -1.14. The van der Waals surface area contributed by atoms with Gasteiger partial charge in [0.25, 0.3) is 0 Å². The van der Waals surface area contributed by atoms with E-state index >= 15 is 0 Å². The molecule has 0 bridgehead atoms. The SMILES string of the molecule is CCOC(=O)N[C@H](CC1CCCCC1)C(=O)N1CCC[C@H]1C(=O)NCC1CCC(C(=N)N)CC1. The lowest BCUT2D eigenvalue weighted by molar-refractivity contribution is -0.140. The van der Waals surface area contributed by atoms with Gasteiger partial charge in [-0.05, 0) is 63.7 Å². The van der Waals surface area contributed by atoms with E-state index in [0.717, 1.165) is 57.8 Å². The number of amides is 3. The Bertz CT molecular complexity index is 716. The van der Waals surface area contributed by atoms with Crippen molar-refractivity contribution < 1.29 is 19.1 Å². The van der Waals surface area contributed by atoms with Gasteiger partial charge >= 0.3 is 6.09 Å². The van der Waals surface area contributed by atoms with Crippen molar-refractivity contribution in [3.8, 4) is 0 Å². The zero-order valence-electron chi connectivity index (χ0n) is 20.7. The number of carbonyl (C=O) groups excluding carboxylic acids is 3. The maximum absolute atomic E-state index is 13.5. The van der Waals surface area contributed by atoms with Crippen molar-refractivity contribution in [1.29, 1.82) is 5.41 Å². The predicted molar refractivity (Wildman–Crippen MR) is 130 cm³/mol. The van der Waals surface area contributed by atoms with E-state index in [2.05, 4.69) is 10.6 Å². The van der Waals surface area contributed by atoms with E-state index in [4.69, 9.17) is 15.9 Å². The van der Waals surface area contributed by atoms with Gasteiger partial charge in [-0.1, -0.05) is 32.1 Å². The van der Waals surface area contributed by atoms with Crippen LogP contribution in [-0.2, 0) is 14.3 Å². The van der Waals surface area contributed by atoms with Crippen LogP contribution < -0.4 is 16.4 Å². The second-order valence-corrected chi connectivity index (χ2v) is 10.3. The fourth-order valence-electron chi connectivity index (χ4n) is 5.84. The van der Waals surface area contributed by atoms with Crippen LogP contribution in [0.3, 0.4) is 0 Å². The standard InChI is InChI=1S/C25H43N5O4/c1-2-34-25(33)29-20(15-17-7-4-3-5-8-17)24(32)30-14-6-9-21(30)23(31)28-16-18-10-12-19(13-11-18)22(26)27/h17-21H,2-16H2,1H3,(H3,26,27)(H,28,31)(H,29,33)/t18?,19?,20-,21+/m1/s1. The van der Waals surface area contributed by atoms with E-state index < -0.39 is 18.2 Å². The van der Waals surface area contributed by atoms with Crippen LogP contribution >= 0.6 is 0 Å². The molecule has 3 fully saturated rings. The molecule has 9 nitrogen and oxygen atoms in total. The molecular weight excluding hydrogens is 434 g/mol. The number of carbonyl (C=O) groups is 3. The molecule has 1 aliphatic heterocycles. The van der Waals surface area contributed by atoms with Gasteiger partial charge in [0.1, 0.15) is 12.1 Å². The fourth-order valence-corrected chi connectivity index (χ4v) is 5.84. The first-order chi connectivity index (χ1) is 16.4.